The maximum Gasteiger partial charge on any atom is 0.242 e. The van der Waals surface area contributed by atoms with Crippen molar-refractivity contribution in [2.24, 2.45) is 0 Å². The van der Waals surface area contributed by atoms with Gasteiger partial charge in [-0.25, -0.2) is 0 Å². The number of nitrogens with zero attached hydrogens (tertiary/aromatic N) is 2. The van der Waals surface area contributed by atoms with Gasteiger partial charge in [0.1, 0.15) is 0 Å². The van der Waals surface area contributed by atoms with Crippen molar-refractivity contribution in [1.82, 2.24) is 9.97 Å². The summed E-state index contributed by atoms with van der Waals surface area (Å²) in [5.41, 5.74) is -3.01. The van der Waals surface area contributed by atoms with E-state index < -0.39 is 5.69 Å². The van der Waals surface area contributed by atoms with Gasteiger partial charge in [0.25, 0.3) is 0 Å². The van der Waals surface area contributed by atoms with Gasteiger partial charge in [0.15, 0.2) is 0 Å². The highest BCUT2D eigenvalue weighted by Crippen LogP contribution is 2.50. The Balaban J connectivity index is 0.000000764. The molecule has 4 nitrogen and oxygen atoms in total. The third-order valence-corrected chi connectivity index (χ3v) is 8.70. The molecule has 0 radical (unpaired) electrons. The van der Waals surface area contributed by atoms with Crippen molar-refractivity contribution in [3.63, 3.8) is 0 Å². The van der Waals surface area contributed by atoms with Gasteiger partial charge in [-0.3, -0.25) is 9.97 Å². The van der Waals surface area contributed by atoms with E-state index in [-0.39, 0.29) is 0 Å². The zero-order chi connectivity index (χ0) is 25.7. The van der Waals surface area contributed by atoms with Crippen molar-refractivity contribution >= 4 is 28.9 Å². The van der Waals surface area contributed by atoms with Gasteiger partial charge in [-0.05, 0) is 42.5 Å². The predicted molar refractivity (Wildman–Crippen MR) is 159 cm³/mol. The summed E-state index contributed by atoms with van der Waals surface area (Å²) in [7, 11) is 0. The van der Waals surface area contributed by atoms with E-state index in [9.17, 15) is 0 Å². The van der Waals surface area contributed by atoms with E-state index in [0.717, 1.165) is 23.6 Å². The molecule has 0 fully saturated rings. The molecule has 2 aromatic heterocycles. The summed E-state index contributed by atoms with van der Waals surface area (Å²) in [4.78, 5) is 25.7. The van der Waals surface area contributed by atoms with Crippen molar-refractivity contribution in [3.8, 4) is 0 Å². The highest BCUT2D eigenvalue weighted by Gasteiger charge is 2.06. The van der Waals surface area contributed by atoms with Crippen LogP contribution in [0.4, 0.5) is 0 Å². The van der Waals surface area contributed by atoms with E-state index >= 15 is 0 Å². The molecule has 0 spiro atoms. The first-order valence-corrected chi connectivity index (χ1v) is 17.8. The highest BCUT2D eigenvalue weighted by atomic mass is 32.9. The molecule has 0 bridgehead atoms. The van der Waals surface area contributed by atoms with E-state index in [0.29, 0.717) is 0 Å². The van der Waals surface area contributed by atoms with Crippen LogP contribution < -0.4 is 0 Å². The fraction of sp³-hybridized carbons (Fsp3) is 0.643. The quantitative estimate of drug-likeness (QED) is 0.145. The average molecular weight is 541 g/mol. The van der Waals surface area contributed by atoms with Gasteiger partial charge in [-0.2, -0.15) is 0 Å². The summed E-state index contributed by atoms with van der Waals surface area (Å²) in [6.07, 6.45) is 28.8. The molecule has 0 saturated carbocycles. The van der Waals surface area contributed by atoms with Crippen LogP contribution in [0.5, 0.6) is 0 Å². The first-order chi connectivity index (χ1) is 17.1. The van der Waals surface area contributed by atoms with Crippen LogP contribution >= 0.6 is 17.1 Å². The molecule has 0 atom stereocenters. The SMILES string of the molecule is CCCCCCCCCCCCCCCCCCSP(O)(O)=S.c1ccncc1.c1ccncc1. The number of hydrogen-bond donors (Lipinski definition) is 2. The van der Waals surface area contributed by atoms with E-state index in [1.807, 2.05) is 36.4 Å². The molecule has 2 N–H and O–H groups in total. The predicted octanol–water partition coefficient (Wildman–Crippen LogP) is 9.35. The van der Waals surface area contributed by atoms with Gasteiger partial charge in [0, 0.05) is 30.5 Å². The second kappa shape index (κ2) is 27.8. The molecular weight excluding hydrogens is 491 g/mol. The highest BCUT2D eigenvalue weighted by molar-refractivity contribution is 8.67. The monoisotopic (exact) mass is 540 g/mol. The molecule has 2 rings (SSSR count). The Hall–Kier alpha value is -0.780. The molecule has 35 heavy (non-hydrogen) atoms. The zero-order valence-corrected chi connectivity index (χ0v) is 24.4. The third-order valence-electron chi connectivity index (χ3n) is 5.39. The van der Waals surface area contributed by atoms with E-state index in [2.05, 4.69) is 28.7 Å². The van der Waals surface area contributed by atoms with Crippen molar-refractivity contribution in [1.29, 1.82) is 0 Å². The van der Waals surface area contributed by atoms with Gasteiger partial charge < -0.3 is 9.79 Å². The minimum Gasteiger partial charge on any atom is -0.338 e. The van der Waals surface area contributed by atoms with Gasteiger partial charge >= 0.3 is 0 Å². The number of rotatable bonds is 18. The zero-order valence-electron chi connectivity index (χ0n) is 21.8. The fourth-order valence-corrected chi connectivity index (χ4v) is 5.80. The number of hydrogen-bond acceptors (Lipinski definition) is 4. The molecule has 7 heteroatoms. The van der Waals surface area contributed by atoms with Gasteiger partial charge in [-0.1, -0.05) is 127 Å². The van der Waals surface area contributed by atoms with Crippen molar-refractivity contribution in [3.05, 3.63) is 61.2 Å². The van der Waals surface area contributed by atoms with Crippen LogP contribution in [0.1, 0.15) is 110 Å². The van der Waals surface area contributed by atoms with Crippen molar-refractivity contribution < 1.29 is 9.79 Å². The summed E-state index contributed by atoms with van der Waals surface area (Å²) >= 11 is 5.74. The second-order valence-corrected chi connectivity index (χ2v) is 14.8. The Morgan fingerprint density at radius 3 is 1.09 bits per heavy atom. The fourth-order valence-electron chi connectivity index (χ4n) is 3.46. The normalized spacial score (nSPS) is 10.6. The van der Waals surface area contributed by atoms with Crippen LogP contribution in [-0.4, -0.2) is 25.5 Å². The molecule has 0 aliphatic rings. The number of aromatic nitrogens is 2. The number of pyridine rings is 2. The maximum absolute atomic E-state index is 9.09. The topological polar surface area (TPSA) is 66.2 Å². The van der Waals surface area contributed by atoms with Crippen molar-refractivity contribution in [2.45, 2.75) is 110 Å². The van der Waals surface area contributed by atoms with Crippen LogP contribution in [0.25, 0.3) is 0 Å². The first kappa shape index (κ1) is 34.2. The molecule has 0 aromatic carbocycles. The van der Waals surface area contributed by atoms with Crippen LogP contribution in [0.3, 0.4) is 0 Å². The molecule has 0 unspecified atom stereocenters. The lowest BCUT2D eigenvalue weighted by molar-refractivity contribution is 0.502. The van der Waals surface area contributed by atoms with E-state index in [1.54, 1.807) is 24.8 Å². The Labute approximate surface area is 224 Å². The number of unbranched alkanes of at least 4 members (excludes halogenated alkanes) is 15. The average Bonchev–Trinajstić information content (AvgIpc) is 2.88. The lowest BCUT2D eigenvalue weighted by atomic mass is 10.0. The molecule has 2 aromatic rings. The van der Waals surface area contributed by atoms with E-state index in [4.69, 9.17) is 9.79 Å². The largest absolute Gasteiger partial charge is 0.338 e. The summed E-state index contributed by atoms with van der Waals surface area (Å²) in [6, 6.07) is 11.4. The Bertz CT molecular complexity index is 590. The van der Waals surface area contributed by atoms with Crippen LogP contribution in [0, 0.1) is 0 Å². The summed E-state index contributed by atoms with van der Waals surface area (Å²) in [5, 5.41) is 0. The molecule has 200 valence electrons. The molecule has 0 aliphatic carbocycles. The van der Waals surface area contributed by atoms with E-state index in [1.165, 1.54) is 96.3 Å². The standard InChI is InChI=1S/C18H39O2PS2.2C5H5N/c1-2-3-4-5-6-7-8-9-10-11-12-13-14-15-16-17-18-23-21(19,20)22;2*1-2-4-6-5-3-1/h2-18H2,1H3,(H2,19,20,22);2*1-5H. The van der Waals surface area contributed by atoms with Crippen LogP contribution in [0.15, 0.2) is 61.2 Å². The molecule has 0 amide bonds. The lowest BCUT2D eigenvalue weighted by Gasteiger charge is -2.06. The maximum atomic E-state index is 9.09. The van der Waals surface area contributed by atoms with Crippen LogP contribution in [-0.2, 0) is 11.8 Å². The van der Waals surface area contributed by atoms with Gasteiger partial charge in [0.05, 0.1) is 0 Å². The Morgan fingerprint density at radius 1 is 0.543 bits per heavy atom. The summed E-state index contributed by atoms with van der Waals surface area (Å²) in [6.45, 7) is 2.28. The Kier molecular flexibility index (Phi) is 27.2. The minimum absolute atomic E-state index is 0.794. The molecule has 0 aliphatic heterocycles. The third kappa shape index (κ3) is 33.2. The first-order valence-electron chi connectivity index (χ1n) is 13.5. The van der Waals surface area contributed by atoms with Crippen LogP contribution in [0.2, 0.25) is 0 Å². The molecular formula is C28H49N2O2PS2. The lowest BCUT2D eigenvalue weighted by Crippen LogP contribution is -1.84. The van der Waals surface area contributed by atoms with Crippen molar-refractivity contribution in [2.75, 3.05) is 5.75 Å². The molecule has 2 heterocycles. The van der Waals surface area contributed by atoms with Gasteiger partial charge in [0.2, 0.25) is 5.69 Å². The second-order valence-electron chi connectivity index (χ2n) is 8.68. The minimum atomic E-state index is -3.01. The summed E-state index contributed by atoms with van der Waals surface area (Å²) < 4.78 is 0. The smallest absolute Gasteiger partial charge is 0.242 e. The summed E-state index contributed by atoms with van der Waals surface area (Å²) in [5.74, 6) is 0.794. The van der Waals surface area contributed by atoms with Gasteiger partial charge in [-0.15, -0.1) is 0 Å². The Morgan fingerprint density at radius 2 is 0.857 bits per heavy atom. The molecule has 0 saturated heterocycles.